The van der Waals surface area contributed by atoms with Gasteiger partial charge in [-0.2, -0.15) is 11.8 Å². The van der Waals surface area contributed by atoms with Gasteiger partial charge < -0.3 is 9.64 Å². The van der Waals surface area contributed by atoms with Gasteiger partial charge in [-0.1, -0.05) is 12.8 Å². The first kappa shape index (κ1) is 19.5. The molecule has 1 heterocycles. The van der Waals surface area contributed by atoms with Crippen LogP contribution in [0, 0.1) is 0 Å². The number of amides is 1. The molecule has 8 heteroatoms. The van der Waals surface area contributed by atoms with E-state index in [4.69, 9.17) is 4.74 Å². The largest absolute Gasteiger partial charge is 0.495 e. The molecule has 0 radical (unpaired) electrons. The summed E-state index contributed by atoms with van der Waals surface area (Å²) < 4.78 is 33.2. The van der Waals surface area contributed by atoms with Crippen molar-refractivity contribution in [2.75, 3.05) is 30.9 Å². The maximum Gasteiger partial charge on any atom is 0.240 e. The minimum atomic E-state index is -3.61. The molecule has 2 fully saturated rings. The van der Waals surface area contributed by atoms with E-state index in [-0.39, 0.29) is 10.8 Å². The average Bonchev–Trinajstić information content (AvgIpc) is 3.29. The van der Waals surface area contributed by atoms with Crippen LogP contribution in [-0.2, 0) is 14.8 Å². The van der Waals surface area contributed by atoms with E-state index in [0.29, 0.717) is 36.2 Å². The fourth-order valence-corrected chi connectivity index (χ4v) is 5.89. The zero-order valence-electron chi connectivity index (χ0n) is 15.1. The molecule has 3 rings (SSSR count). The van der Waals surface area contributed by atoms with E-state index in [1.165, 1.54) is 44.9 Å². The molecule has 144 valence electrons. The number of ether oxygens (including phenoxy) is 1. The minimum Gasteiger partial charge on any atom is -0.495 e. The molecule has 0 bridgehead atoms. The van der Waals surface area contributed by atoms with Crippen LogP contribution in [-0.4, -0.2) is 45.5 Å². The number of nitrogens with zero attached hydrogens (tertiary/aromatic N) is 1. The number of hydrogen-bond acceptors (Lipinski definition) is 5. The summed E-state index contributed by atoms with van der Waals surface area (Å²) >= 11 is 1.85. The Morgan fingerprint density at radius 2 is 2.04 bits per heavy atom. The number of benzene rings is 1. The van der Waals surface area contributed by atoms with Gasteiger partial charge in [0.25, 0.3) is 0 Å². The van der Waals surface area contributed by atoms with Crippen molar-refractivity contribution in [2.45, 2.75) is 48.7 Å². The summed E-state index contributed by atoms with van der Waals surface area (Å²) in [6.07, 6.45) is 6.30. The van der Waals surface area contributed by atoms with E-state index < -0.39 is 10.0 Å². The number of carbonyl (C=O) groups is 1. The lowest BCUT2D eigenvalue weighted by atomic mass is 10.2. The molecule has 1 aliphatic carbocycles. The summed E-state index contributed by atoms with van der Waals surface area (Å²) in [4.78, 5) is 13.8. The van der Waals surface area contributed by atoms with E-state index in [9.17, 15) is 13.2 Å². The van der Waals surface area contributed by atoms with Gasteiger partial charge in [0.15, 0.2) is 0 Å². The van der Waals surface area contributed by atoms with Crippen LogP contribution in [0.3, 0.4) is 0 Å². The summed E-state index contributed by atoms with van der Waals surface area (Å²) in [5.74, 6) is 1.28. The summed E-state index contributed by atoms with van der Waals surface area (Å²) in [7, 11) is -2.09. The molecule has 26 heavy (non-hydrogen) atoms. The Balaban J connectivity index is 1.67. The van der Waals surface area contributed by atoms with Gasteiger partial charge in [0.1, 0.15) is 5.75 Å². The summed E-state index contributed by atoms with van der Waals surface area (Å²) in [5, 5.41) is 0.674. The fourth-order valence-electron chi connectivity index (χ4n) is 3.49. The first-order valence-electron chi connectivity index (χ1n) is 9.11. The average molecular weight is 399 g/mol. The predicted molar refractivity (Wildman–Crippen MR) is 104 cm³/mol. The van der Waals surface area contributed by atoms with Crippen molar-refractivity contribution in [3.8, 4) is 5.75 Å². The van der Waals surface area contributed by atoms with Crippen LogP contribution in [0.25, 0.3) is 0 Å². The Morgan fingerprint density at radius 3 is 2.69 bits per heavy atom. The predicted octanol–water partition coefficient (Wildman–Crippen LogP) is 2.78. The summed E-state index contributed by atoms with van der Waals surface area (Å²) in [5.41, 5.74) is 0.526. The van der Waals surface area contributed by atoms with Gasteiger partial charge in [0, 0.05) is 30.5 Å². The maximum atomic E-state index is 12.6. The van der Waals surface area contributed by atoms with Gasteiger partial charge in [-0.25, -0.2) is 13.1 Å². The third kappa shape index (κ3) is 4.53. The van der Waals surface area contributed by atoms with Crippen molar-refractivity contribution in [1.29, 1.82) is 0 Å². The summed E-state index contributed by atoms with van der Waals surface area (Å²) in [6, 6.07) is 4.67. The van der Waals surface area contributed by atoms with Crippen LogP contribution >= 0.6 is 11.8 Å². The molecule has 1 saturated carbocycles. The number of nitrogens with one attached hydrogen (secondary N) is 1. The zero-order chi connectivity index (χ0) is 18.6. The molecule has 1 amide bonds. The minimum absolute atomic E-state index is 0.00114. The molecule has 6 nitrogen and oxygen atoms in total. The number of methoxy groups -OCH3 is 1. The van der Waals surface area contributed by atoms with Gasteiger partial charge in [-0.3, -0.25) is 4.79 Å². The molecule has 2 aliphatic rings. The monoisotopic (exact) mass is 398 g/mol. The SMILES string of the molecule is COc1ccc(S(=O)(=O)NCCSC2CCCC2)cc1N1CCCC1=O. The van der Waals surface area contributed by atoms with Crippen molar-refractivity contribution in [1.82, 2.24) is 4.72 Å². The van der Waals surface area contributed by atoms with E-state index in [2.05, 4.69) is 4.72 Å². The fraction of sp³-hybridized carbons (Fsp3) is 0.611. The highest BCUT2D eigenvalue weighted by atomic mass is 32.2. The van der Waals surface area contributed by atoms with Crippen molar-refractivity contribution in [2.24, 2.45) is 0 Å². The zero-order valence-corrected chi connectivity index (χ0v) is 16.7. The lowest BCUT2D eigenvalue weighted by Crippen LogP contribution is -2.28. The van der Waals surface area contributed by atoms with Crippen molar-refractivity contribution in [3.63, 3.8) is 0 Å². The molecule has 1 aromatic rings. The highest BCUT2D eigenvalue weighted by Gasteiger charge is 2.26. The Hall–Kier alpha value is -1.25. The Labute approximate surface area is 159 Å². The van der Waals surface area contributed by atoms with Gasteiger partial charge >= 0.3 is 0 Å². The number of hydrogen-bond donors (Lipinski definition) is 1. The molecule has 0 unspecified atom stereocenters. The maximum absolute atomic E-state index is 12.6. The van der Waals surface area contributed by atoms with Crippen LogP contribution in [0.15, 0.2) is 23.1 Å². The first-order valence-corrected chi connectivity index (χ1v) is 11.6. The molecule has 1 N–H and O–H groups in total. The number of anilines is 1. The van der Waals surface area contributed by atoms with Gasteiger partial charge in [0.2, 0.25) is 15.9 Å². The third-order valence-electron chi connectivity index (χ3n) is 4.87. The van der Waals surface area contributed by atoms with Crippen LogP contribution in [0.4, 0.5) is 5.69 Å². The molecule has 0 aromatic heterocycles. The van der Waals surface area contributed by atoms with Crippen molar-refractivity contribution >= 4 is 33.4 Å². The number of thioether (sulfide) groups is 1. The molecule has 1 aliphatic heterocycles. The van der Waals surface area contributed by atoms with Gasteiger partial charge in [-0.15, -0.1) is 0 Å². The lowest BCUT2D eigenvalue weighted by molar-refractivity contribution is -0.117. The number of carbonyl (C=O) groups excluding carboxylic acids is 1. The standard InChI is InChI=1S/C18H26N2O4S2/c1-24-17-9-8-15(13-16(17)20-11-4-7-18(20)21)26(22,23)19-10-12-25-14-5-2-3-6-14/h8-9,13-14,19H,2-7,10-12H2,1H3. The van der Waals surface area contributed by atoms with Crippen LogP contribution in [0.1, 0.15) is 38.5 Å². The number of sulfonamides is 1. The second-order valence-corrected chi connectivity index (χ2v) is 9.83. The highest BCUT2D eigenvalue weighted by Crippen LogP contribution is 2.33. The number of rotatable bonds is 8. The van der Waals surface area contributed by atoms with Crippen LogP contribution < -0.4 is 14.4 Å². The Morgan fingerprint density at radius 1 is 1.27 bits per heavy atom. The Bertz CT molecular complexity index is 746. The van der Waals surface area contributed by atoms with Crippen molar-refractivity contribution in [3.05, 3.63) is 18.2 Å². The lowest BCUT2D eigenvalue weighted by Gasteiger charge is -2.20. The topological polar surface area (TPSA) is 75.7 Å². The van der Waals surface area contributed by atoms with Crippen LogP contribution in [0.5, 0.6) is 5.75 Å². The van der Waals surface area contributed by atoms with Gasteiger partial charge in [0.05, 0.1) is 17.7 Å². The first-order chi connectivity index (χ1) is 12.5. The normalized spacial score (nSPS) is 18.7. The van der Waals surface area contributed by atoms with E-state index in [1.807, 2.05) is 11.8 Å². The molecule has 0 spiro atoms. The van der Waals surface area contributed by atoms with E-state index in [0.717, 1.165) is 12.2 Å². The molecular formula is C18H26N2O4S2. The second-order valence-electron chi connectivity index (χ2n) is 6.66. The highest BCUT2D eigenvalue weighted by molar-refractivity contribution is 8.00. The van der Waals surface area contributed by atoms with Crippen LogP contribution in [0.2, 0.25) is 0 Å². The third-order valence-corrected chi connectivity index (χ3v) is 7.72. The molecule has 1 aromatic carbocycles. The smallest absolute Gasteiger partial charge is 0.240 e. The van der Waals surface area contributed by atoms with Gasteiger partial charge in [-0.05, 0) is 37.5 Å². The molecular weight excluding hydrogens is 372 g/mol. The molecule has 0 atom stereocenters. The van der Waals surface area contributed by atoms with Crippen molar-refractivity contribution < 1.29 is 17.9 Å². The quantitative estimate of drug-likeness (QED) is 0.682. The Kier molecular flexibility index (Phi) is 6.47. The second kappa shape index (κ2) is 8.63. The van der Waals surface area contributed by atoms with E-state index in [1.54, 1.807) is 11.0 Å². The summed E-state index contributed by atoms with van der Waals surface area (Å²) in [6.45, 7) is 0.998. The van der Waals surface area contributed by atoms with E-state index >= 15 is 0 Å². The molecule has 1 saturated heterocycles.